The van der Waals surface area contributed by atoms with E-state index in [4.69, 9.17) is 17.3 Å². The summed E-state index contributed by atoms with van der Waals surface area (Å²) in [6.07, 6.45) is 0. The van der Waals surface area contributed by atoms with Crippen LogP contribution in [0.2, 0.25) is 5.02 Å². The fourth-order valence-electron chi connectivity index (χ4n) is 2.43. The number of hydrogen-bond donors (Lipinski definition) is 1. The van der Waals surface area contributed by atoms with Gasteiger partial charge >= 0.3 is 0 Å². The molecule has 1 aliphatic rings. The second-order valence-corrected chi connectivity index (χ2v) is 5.88. The number of hydrogen-bond acceptors (Lipinski definition) is 3. The molecule has 2 N–H and O–H groups in total. The van der Waals surface area contributed by atoms with Gasteiger partial charge in [-0.05, 0) is 17.7 Å². The van der Waals surface area contributed by atoms with Crippen LogP contribution in [0, 0.1) is 11.7 Å². The highest BCUT2D eigenvalue weighted by Crippen LogP contribution is 2.20. The predicted molar refractivity (Wildman–Crippen MR) is 96.0 cm³/mol. The zero-order valence-corrected chi connectivity index (χ0v) is 15.4. The molecule has 1 fully saturated rings. The van der Waals surface area contributed by atoms with Crippen LogP contribution in [0.1, 0.15) is 12.5 Å². The molecule has 0 aliphatic carbocycles. The number of amides is 1. The molecule has 8 heteroatoms. The average molecular weight is 387 g/mol. The molecule has 1 atom stereocenters. The lowest BCUT2D eigenvalue weighted by atomic mass is 10.1. The van der Waals surface area contributed by atoms with Gasteiger partial charge in [-0.3, -0.25) is 9.69 Å². The lowest BCUT2D eigenvalue weighted by Gasteiger charge is -2.36. The van der Waals surface area contributed by atoms with Gasteiger partial charge in [-0.1, -0.05) is 24.6 Å². The highest BCUT2D eigenvalue weighted by molar-refractivity contribution is 6.31. The predicted octanol–water partition coefficient (Wildman–Crippen LogP) is 2.56. The van der Waals surface area contributed by atoms with Crippen LogP contribution >= 0.6 is 36.4 Å². The quantitative estimate of drug-likeness (QED) is 0.865. The average Bonchev–Trinajstić information content (AvgIpc) is 2.49. The van der Waals surface area contributed by atoms with Crippen molar-refractivity contribution in [3.63, 3.8) is 0 Å². The smallest absolute Gasteiger partial charge is 0.226 e. The third-order valence-electron chi connectivity index (χ3n) is 3.87. The van der Waals surface area contributed by atoms with Crippen LogP contribution < -0.4 is 5.73 Å². The maximum atomic E-state index is 13.0. The molecule has 0 bridgehead atoms. The van der Waals surface area contributed by atoms with Gasteiger partial charge in [0.25, 0.3) is 0 Å². The maximum Gasteiger partial charge on any atom is 0.226 e. The van der Waals surface area contributed by atoms with E-state index in [1.165, 1.54) is 12.1 Å². The Hall–Kier alpha value is -0.590. The van der Waals surface area contributed by atoms with Crippen molar-refractivity contribution in [2.24, 2.45) is 11.7 Å². The first kappa shape index (κ1) is 22.4. The van der Waals surface area contributed by atoms with Gasteiger partial charge in [0.2, 0.25) is 5.91 Å². The van der Waals surface area contributed by atoms with Crippen LogP contribution in [0.25, 0.3) is 0 Å². The van der Waals surface area contributed by atoms with E-state index in [1.807, 2.05) is 11.8 Å². The fraction of sp³-hybridized carbons (Fsp3) is 0.533. The molecule has 0 spiro atoms. The first-order valence-electron chi connectivity index (χ1n) is 7.16. The van der Waals surface area contributed by atoms with Crippen LogP contribution in [-0.4, -0.2) is 48.4 Å². The highest BCUT2D eigenvalue weighted by atomic mass is 35.5. The van der Waals surface area contributed by atoms with Gasteiger partial charge in [-0.25, -0.2) is 4.39 Å². The number of benzene rings is 1. The van der Waals surface area contributed by atoms with Crippen molar-refractivity contribution < 1.29 is 9.18 Å². The summed E-state index contributed by atoms with van der Waals surface area (Å²) in [6.45, 7) is 5.88. The Labute approximate surface area is 154 Å². The molecule has 23 heavy (non-hydrogen) atoms. The Balaban J connectivity index is 0.00000242. The molecule has 132 valence electrons. The second kappa shape index (κ2) is 10.3. The monoisotopic (exact) mass is 385 g/mol. The summed E-state index contributed by atoms with van der Waals surface area (Å²) in [5, 5.41) is 0.449. The summed E-state index contributed by atoms with van der Waals surface area (Å²) in [7, 11) is 0. The SMILES string of the molecule is CC(CN)C(=O)N1CCN(Cc2ccc(F)cc2Cl)CC1.Cl.Cl. The minimum atomic E-state index is -0.324. The Morgan fingerprint density at radius 3 is 2.43 bits per heavy atom. The van der Waals surface area contributed by atoms with Crippen molar-refractivity contribution >= 4 is 42.3 Å². The lowest BCUT2D eigenvalue weighted by molar-refractivity contribution is -0.136. The summed E-state index contributed by atoms with van der Waals surface area (Å²) in [4.78, 5) is 16.1. The number of carbonyl (C=O) groups is 1. The third-order valence-corrected chi connectivity index (χ3v) is 4.22. The minimum absolute atomic E-state index is 0. The molecule has 1 amide bonds. The Morgan fingerprint density at radius 1 is 1.30 bits per heavy atom. The van der Waals surface area contributed by atoms with Crippen molar-refractivity contribution in [1.82, 2.24) is 9.80 Å². The van der Waals surface area contributed by atoms with E-state index in [-0.39, 0.29) is 42.5 Å². The van der Waals surface area contributed by atoms with Gasteiger partial charge in [0.15, 0.2) is 0 Å². The van der Waals surface area contributed by atoms with E-state index in [0.29, 0.717) is 31.2 Å². The van der Waals surface area contributed by atoms with Crippen molar-refractivity contribution in [2.75, 3.05) is 32.7 Å². The molecular formula is C15H23Cl3FN3O. The number of halogens is 4. The molecule has 4 nitrogen and oxygen atoms in total. The largest absolute Gasteiger partial charge is 0.340 e. The summed E-state index contributed by atoms with van der Waals surface area (Å²) >= 11 is 6.04. The molecule has 1 saturated heterocycles. The van der Waals surface area contributed by atoms with Gasteiger partial charge in [0.1, 0.15) is 5.82 Å². The van der Waals surface area contributed by atoms with Gasteiger partial charge in [-0.15, -0.1) is 24.8 Å². The van der Waals surface area contributed by atoms with Crippen molar-refractivity contribution in [3.05, 3.63) is 34.6 Å². The molecule has 1 aliphatic heterocycles. The summed E-state index contributed by atoms with van der Waals surface area (Å²) < 4.78 is 13.0. The standard InChI is InChI=1S/C15H21ClFN3O.2ClH/c1-11(9-18)15(21)20-6-4-19(5-7-20)10-12-2-3-13(17)8-14(12)16;;/h2-3,8,11H,4-7,9-10,18H2,1H3;2*1H. The zero-order valence-electron chi connectivity index (χ0n) is 13.0. The number of carbonyl (C=O) groups excluding carboxylic acids is 1. The molecule has 1 aromatic carbocycles. The van der Waals surface area contributed by atoms with Crippen LogP contribution in [0.3, 0.4) is 0 Å². The maximum absolute atomic E-state index is 13.0. The van der Waals surface area contributed by atoms with E-state index < -0.39 is 0 Å². The molecule has 0 saturated carbocycles. The molecule has 0 radical (unpaired) electrons. The van der Waals surface area contributed by atoms with E-state index in [0.717, 1.165) is 18.7 Å². The first-order valence-corrected chi connectivity index (χ1v) is 7.54. The molecule has 0 aromatic heterocycles. The second-order valence-electron chi connectivity index (χ2n) is 5.47. The first-order chi connectivity index (χ1) is 10.0. The molecule has 2 rings (SSSR count). The number of nitrogens with zero attached hydrogens (tertiary/aromatic N) is 2. The zero-order chi connectivity index (χ0) is 15.4. The van der Waals surface area contributed by atoms with E-state index >= 15 is 0 Å². The molecule has 1 aromatic rings. The molecule has 1 heterocycles. The van der Waals surface area contributed by atoms with Crippen LogP contribution in [0.4, 0.5) is 4.39 Å². The van der Waals surface area contributed by atoms with Crippen LogP contribution in [0.15, 0.2) is 18.2 Å². The number of piperazine rings is 1. The van der Waals surface area contributed by atoms with Crippen LogP contribution in [-0.2, 0) is 11.3 Å². The Kier molecular flexibility index (Phi) is 10.0. The summed E-state index contributed by atoms with van der Waals surface area (Å²) in [5.74, 6) is -0.324. The van der Waals surface area contributed by atoms with Crippen LogP contribution in [0.5, 0.6) is 0 Å². The molecular weight excluding hydrogens is 364 g/mol. The fourth-order valence-corrected chi connectivity index (χ4v) is 2.66. The topological polar surface area (TPSA) is 49.6 Å². The van der Waals surface area contributed by atoms with Crippen molar-refractivity contribution in [3.8, 4) is 0 Å². The lowest BCUT2D eigenvalue weighted by Crippen LogP contribution is -2.50. The van der Waals surface area contributed by atoms with Crippen molar-refractivity contribution in [1.29, 1.82) is 0 Å². The van der Waals surface area contributed by atoms with Gasteiger partial charge in [-0.2, -0.15) is 0 Å². The van der Waals surface area contributed by atoms with Gasteiger partial charge < -0.3 is 10.6 Å². The summed E-state index contributed by atoms with van der Waals surface area (Å²) in [5.41, 5.74) is 6.45. The van der Waals surface area contributed by atoms with E-state index in [2.05, 4.69) is 4.90 Å². The third kappa shape index (κ3) is 6.08. The van der Waals surface area contributed by atoms with Crippen molar-refractivity contribution in [2.45, 2.75) is 13.5 Å². The Bertz CT molecular complexity index is 511. The summed E-state index contributed by atoms with van der Waals surface area (Å²) in [6, 6.07) is 4.47. The molecule has 1 unspecified atom stereocenters. The van der Waals surface area contributed by atoms with E-state index in [9.17, 15) is 9.18 Å². The Morgan fingerprint density at radius 2 is 1.91 bits per heavy atom. The minimum Gasteiger partial charge on any atom is -0.340 e. The highest BCUT2D eigenvalue weighted by Gasteiger charge is 2.24. The van der Waals surface area contributed by atoms with Gasteiger partial charge in [0, 0.05) is 50.2 Å². The number of nitrogens with two attached hydrogens (primary N) is 1. The van der Waals surface area contributed by atoms with E-state index in [1.54, 1.807) is 6.07 Å². The normalized spacial score (nSPS) is 16.3. The van der Waals surface area contributed by atoms with Gasteiger partial charge in [0.05, 0.1) is 0 Å². The number of rotatable bonds is 4.